The number of halogens is 1. The highest BCUT2D eigenvalue weighted by molar-refractivity contribution is 6.31. The van der Waals surface area contributed by atoms with Crippen LogP contribution in [-0.2, 0) is 0 Å². The van der Waals surface area contributed by atoms with E-state index >= 15 is 0 Å². The van der Waals surface area contributed by atoms with Gasteiger partial charge in [-0.2, -0.15) is 5.26 Å². The second-order valence-electron chi connectivity index (χ2n) is 3.00. The summed E-state index contributed by atoms with van der Waals surface area (Å²) in [6.07, 6.45) is 4.43. The highest BCUT2D eigenvalue weighted by Crippen LogP contribution is 2.17. The molecule has 0 radical (unpaired) electrons. The molecule has 0 saturated heterocycles. The van der Waals surface area contributed by atoms with E-state index in [0.29, 0.717) is 23.6 Å². The van der Waals surface area contributed by atoms with Gasteiger partial charge in [-0.3, -0.25) is 0 Å². The van der Waals surface area contributed by atoms with Crippen molar-refractivity contribution in [2.45, 2.75) is 6.42 Å². The van der Waals surface area contributed by atoms with Crippen LogP contribution >= 0.6 is 11.6 Å². The molecule has 0 atom stereocenters. The third kappa shape index (κ3) is 3.66. The summed E-state index contributed by atoms with van der Waals surface area (Å²) in [6, 6.07) is 7.24. The van der Waals surface area contributed by atoms with Crippen molar-refractivity contribution in [2.75, 3.05) is 6.54 Å². The van der Waals surface area contributed by atoms with Gasteiger partial charge < -0.3 is 0 Å². The monoisotopic (exact) mass is 232 g/mol. The van der Waals surface area contributed by atoms with Crippen LogP contribution in [0.2, 0.25) is 5.02 Å². The molecule has 0 aromatic heterocycles. The summed E-state index contributed by atoms with van der Waals surface area (Å²) < 4.78 is 0. The first-order valence-corrected chi connectivity index (χ1v) is 5.03. The fourth-order valence-electron chi connectivity index (χ4n) is 1.13. The van der Waals surface area contributed by atoms with Gasteiger partial charge in [0.05, 0.1) is 10.6 Å². The lowest BCUT2D eigenvalue weighted by Gasteiger charge is -1.96. The maximum Gasteiger partial charge on any atom is 0.101 e. The fraction of sp³-hybridized carbons (Fsp3) is 0.182. The number of nitriles is 1. The number of hydrogen-bond donors (Lipinski definition) is 0. The molecule has 16 heavy (non-hydrogen) atoms. The van der Waals surface area contributed by atoms with Crippen molar-refractivity contribution in [3.63, 3.8) is 0 Å². The van der Waals surface area contributed by atoms with Gasteiger partial charge in [0, 0.05) is 11.5 Å². The normalized spacial score (nSPS) is 9.75. The molecular formula is C11H9ClN4. The van der Waals surface area contributed by atoms with Crippen molar-refractivity contribution < 1.29 is 0 Å². The Morgan fingerprint density at radius 3 is 3.06 bits per heavy atom. The van der Waals surface area contributed by atoms with E-state index in [-0.39, 0.29) is 0 Å². The number of rotatable bonds is 4. The molecule has 0 bridgehead atoms. The summed E-state index contributed by atoms with van der Waals surface area (Å²) in [5.74, 6) is 0. The van der Waals surface area contributed by atoms with Gasteiger partial charge in [-0.05, 0) is 29.6 Å². The smallest absolute Gasteiger partial charge is 0.101 e. The lowest BCUT2D eigenvalue weighted by atomic mass is 10.1. The standard InChI is InChI=1S/C11H9ClN4/c12-11-5-4-9(7-10(11)8-13)3-1-2-6-15-16-14/h1,3-5,7H,2,6H2. The van der Waals surface area contributed by atoms with Gasteiger partial charge in [0.15, 0.2) is 0 Å². The van der Waals surface area contributed by atoms with E-state index in [1.807, 2.05) is 24.3 Å². The predicted octanol–water partition coefficient (Wildman–Crippen LogP) is 3.93. The van der Waals surface area contributed by atoms with E-state index < -0.39 is 0 Å². The van der Waals surface area contributed by atoms with Crippen LogP contribution < -0.4 is 0 Å². The van der Waals surface area contributed by atoms with Crippen LogP contribution in [0.4, 0.5) is 0 Å². The Hall–Kier alpha value is -1.95. The van der Waals surface area contributed by atoms with Gasteiger partial charge in [0.25, 0.3) is 0 Å². The third-order valence-electron chi connectivity index (χ3n) is 1.88. The molecule has 4 nitrogen and oxygen atoms in total. The molecule has 0 unspecified atom stereocenters. The summed E-state index contributed by atoms with van der Waals surface area (Å²) >= 11 is 5.80. The van der Waals surface area contributed by atoms with Crippen LogP contribution in [0.25, 0.3) is 16.5 Å². The maximum absolute atomic E-state index is 8.77. The second kappa shape index (κ2) is 6.52. The van der Waals surface area contributed by atoms with Gasteiger partial charge in [-0.15, -0.1) is 0 Å². The molecule has 80 valence electrons. The number of nitrogens with zero attached hydrogens (tertiary/aromatic N) is 4. The predicted molar refractivity (Wildman–Crippen MR) is 63.8 cm³/mol. The Kier molecular flexibility index (Phi) is 4.94. The molecular weight excluding hydrogens is 224 g/mol. The van der Waals surface area contributed by atoms with E-state index in [4.69, 9.17) is 22.4 Å². The molecule has 1 aromatic carbocycles. The first kappa shape index (κ1) is 12.1. The van der Waals surface area contributed by atoms with Crippen molar-refractivity contribution in [3.05, 3.63) is 50.9 Å². The zero-order chi connectivity index (χ0) is 11.8. The lowest BCUT2D eigenvalue weighted by Crippen LogP contribution is -1.79. The van der Waals surface area contributed by atoms with Crippen molar-refractivity contribution in [3.8, 4) is 6.07 Å². The molecule has 0 N–H and O–H groups in total. The molecule has 0 spiro atoms. The minimum atomic E-state index is 0.436. The van der Waals surface area contributed by atoms with E-state index in [1.54, 1.807) is 12.1 Å². The van der Waals surface area contributed by atoms with E-state index in [0.717, 1.165) is 5.56 Å². The van der Waals surface area contributed by atoms with Crippen molar-refractivity contribution in [1.29, 1.82) is 5.26 Å². The van der Waals surface area contributed by atoms with E-state index in [9.17, 15) is 0 Å². The zero-order valence-electron chi connectivity index (χ0n) is 8.47. The minimum absolute atomic E-state index is 0.436. The van der Waals surface area contributed by atoms with Crippen molar-refractivity contribution in [1.82, 2.24) is 0 Å². The summed E-state index contributed by atoms with van der Waals surface area (Å²) in [5.41, 5.74) is 9.43. The molecule has 1 rings (SSSR count). The summed E-state index contributed by atoms with van der Waals surface area (Å²) in [5, 5.41) is 12.6. The molecule has 5 heteroatoms. The Balaban J connectivity index is 2.68. The van der Waals surface area contributed by atoms with Crippen LogP contribution in [0, 0.1) is 11.3 Å². The van der Waals surface area contributed by atoms with E-state index in [2.05, 4.69) is 10.0 Å². The number of azide groups is 1. The Morgan fingerprint density at radius 2 is 2.38 bits per heavy atom. The van der Waals surface area contributed by atoms with Crippen LogP contribution in [0.3, 0.4) is 0 Å². The van der Waals surface area contributed by atoms with Crippen LogP contribution in [0.5, 0.6) is 0 Å². The topological polar surface area (TPSA) is 72.5 Å². The Morgan fingerprint density at radius 1 is 1.56 bits per heavy atom. The zero-order valence-corrected chi connectivity index (χ0v) is 9.22. The van der Waals surface area contributed by atoms with Crippen molar-refractivity contribution >= 4 is 17.7 Å². The first-order chi connectivity index (χ1) is 7.77. The van der Waals surface area contributed by atoms with Crippen LogP contribution in [-0.4, -0.2) is 6.54 Å². The quantitative estimate of drug-likeness (QED) is 0.336. The molecule has 0 heterocycles. The third-order valence-corrected chi connectivity index (χ3v) is 2.21. The fourth-order valence-corrected chi connectivity index (χ4v) is 1.29. The SMILES string of the molecule is N#Cc1cc(C=CCCN=[N+]=[N-])ccc1Cl. The highest BCUT2D eigenvalue weighted by Gasteiger charge is 1.98. The summed E-state index contributed by atoms with van der Waals surface area (Å²) in [7, 11) is 0. The first-order valence-electron chi connectivity index (χ1n) is 4.65. The van der Waals surface area contributed by atoms with Crippen LogP contribution in [0.15, 0.2) is 29.4 Å². The number of benzene rings is 1. The molecule has 0 aliphatic rings. The lowest BCUT2D eigenvalue weighted by molar-refractivity contribution is 0.996. The number of hydrogen-bond acceptors (Lipinski definition) is 2. The van der Waals surface area contributed by atoms with Crippen LogP contribution in [0.1, 0.15) is 17.5 Å². The van der Waals surface area contributed by atoms with Crippen molar-refractivity contribution in [2.24, 2.45) is 5.11 Å². The molecule has 0 aliphatic carbocycles. The average Bonchev–Trinajstić information content (AvgIpc) is 2.31. The Bertz CT molecular complexity index is 481. The average molecular weight is 233 g/mol. The highest BCUT2D eigenvalue weighted by atomic mass is 35.5. The molecule has 0 aliphatic heterocycles. The molecule has 0 saturated carbocycles. The van der Waals surface area contributed by atoms with Gasteiger partial charge in [0.2, 0.25) is 0 Å². The molecule has 0 fully saturated rings. The van der Waals surface area contributed by atoms with E-state index in [1.165, 1.54) is 0 Å². The summed E-state index contributed by atoms with van der Waals surface area (Å²) in [4.78, 5) is 2.65. The maximum atomic E-state index is 8.77. The van der Waals surface area contributed by atoms with Gasteiger partial charge >= 0.3 is 0 Å². The van der Waals surface area contributed by atoms with Gasteiger partial charge in [-0.25, -0.2) is 0 Å². The second-order valence-corrected chi connectivity index (χ2v) is 3.40. The molecule has 1 aromatic rings. The van der Waals surface area contributed by atoms with Gasteiger partial charge in [-0.1, -0.05) is 34.9 Å². The molecule has 0 amide bonds. The largest absolute Gasteiger partial charge is 0.192 e. The Labute approximate surface area is 98.4 Å². The van der Waals surface area contributed by atoms with Gasteiger partial charge in [0.1, 0.15) is 6.07 Å². The minimum Gasteiger partial charge on any atom is -0.192 e. The summed E-state index contributed by atoms with van der Waals surface area (Å²) in [6.45, 7) is 0.436.